The van der Waals surface area contributed by atoms with Crippen molar-refractivity contribution in [1.29, 1.82) is 0 Å². The van der Waals surface area contributed by atoms with Gasteiger partial charge in [-0.3, -0.25) is 4.79 Å². The van der Waals surface area contributed by atoms with E-state index in [1.165, 1.54) is 11.3 Å². The van der Waals surface area contributed by atoms with Crippen LogP contribution in [0, 0.1) is 5.92 Å². The number of rotatable bonds is 4. The van der Waals surface area contributed by atoms with Gasteiger partial charge in [0, 0.05) is 23.4 Å². The van der Waals surface area contributed by atoms with E-state index in [2.05, 4.69) is 5.32 Å². The zero-order valence-corrected chi connectivity index (χ0v) is 10.5. The topological polar surface area (TPSA) is 75.4 Å². The van der Waals surface area contributed by atoms with Gasteiger partial charge in [0.2, 0.25) is 5.91 Å². The van der Waals surface area contributed by atoms with Gasteiger partial charge in [-0.25, -0.2) is 0 Å². The van der Waals surface area contributed by atoms with E-state index in [0.717, 1.165) is 24.1 Å². The van der Waals surface area contributed by atoms with Crippen molar-refractivity contribution in [3.8, 4) is 0 Å². The number of amides is 1. The lowest BCUT2D eigenvalue weighted by Gasteiger charge is -2.21. The lowest BCUT2D eigenvalue weighted by Crippen LogP contribution is -2.43. The van der Waals surface area contributed by atoms with Crippen LogP contribution in [-0.2, 0) is 4.79 Å². The van der Waals surface area contributed by atoms with Crippen molar-refractivity contribution in [2.24, 2.45) is 11.7 Å². The minimum Gasteiger partial charge on any atom is -0.396 e. The highest BCUT2D eigenvalue weighted by atomic mass is 32.1. The fourth-order valence-corrected chi connectivity index (χ4v) is 3.04. The largest absolute Gasteiger partial charge is 0.396 e. The lowest BCUT2D eigenvalue weighted by molar-refractivity contribution is -0.123. The summed E-state index contributed by atoms with van der Waals surface area (Å²) in [4.78, 5) is 12.8. The number of aliphatic hydroxyl groups excluding tert-OH is 1. The Balaban J connectivity index is 1.92. The highest BCUT2D eigenvalue weighted by Crippen LogP contribution is 2.26. The highest BCUT2D eigenvalue weighted by molar-refractivity contribution is 7.10. The predicted octanol–water partition coefficient (Wildman–Crippen LogP) is 1.03. The monoisotopic (exact) mass is 254 g/mol. The second-order valence-electron chi connectivity index (χ2n) is 4.48. The highest BCUT2D eigenvalue weighted by Gasteiger charge is 2.29. The fourth-order valence-electron chi connectivity index (χ4n) is 2.32. The van der Waals surface area contributed by atoms with Crippen LogP contribution in [0.15, 0.2) is 17.5 Å². The van der Waals surface area contributed by atoms with E-state index in [1.54, 1.807) is 0 Å². The number of hydrogen-bond acceptors (Lipinski definition) is 4. The molecule has 1 heterocycles. The predicted molar refractivity (Wildman–Crippen MR) is 67.6 cm³/mol. The zero-order chi connectivity index (χ0) is 12.3. The third kappa shape index (κ3) is 2.86. The molecular weight excluding hydrogens is 236 g/mol. The van der Waals surface area contributed by atoms with Gasteiger partial charge in [-0.1, -0.05) is 12.5 Å². The summed E-state index contributed by atoms with van der Waals surface area (Å²) in [5.41, 5.74) is 5.88. The smallest absolute Gasteiger partial charge is 0.242 e. The van der Waals surface area contributed by atoms with E-state index in [0.29, 0.717) is 0 Å². The molecule has 1 aliphatic carbocycles. The number of thiophene rings is 1. The molecular formula is C12H18N2O2S. The van der Waals surface area contributed by atoms with Crippen LogP contribution in [0.1, 0.15) is 30.2 Å². The van der Waals surface area contributed by atoms with E-state index in [1.807, 2.05) is 17.5 Å². The number of carbonyl (C=O) groups is 1. The van der Waals surface area contributed by atoms with Crippen molar-refractivity contribution >= 4 is 17.2 Å². The second-order valence-corrected chi connectivity index (χ2v) is 5.46. The van der Waals surface area contributed by atoms with E-state index in [-0.39, 0.29) is 24.5 Å². The van der Waals surface area contributed by atoms with E-state index in [9.17, 15) is 9.90 Å². The molecule has 0 radical (unpaired) electrons. The summed E-state index contributed by atoms with van der Waals surface area (Å²) in [6.45, 7) is 0.138. The number of hydrogen-bond donors (Lipinski definition) is 3. The molecule has 0 saturated heterocycles. The summed E-state index contributed by atoms with van der Waals surface area (Å²) in [5, 5.41) is 14.1. The van der Waals surface area contributed by atoms with Gasteiger partial charge in [0.1, 0.15) is 6.04 Å². The summed E-state index contributed by atoms with van der Waals surface area (Å²) in [6.07, 6.45) is 2.98. The molecule has 5 heteroatoms. The molecule has 1 amide bonds. The maximum absolute atomic E-state index is 11.9. The molecule has 0 spiro atoms. The third-order valence-electron chi connectivity index (χ3n) is 3.35. The molecule has 2 rings (SSSR count). The van der Waals surface area contributed by atoms with Gasteiger partial charge in [-0.2, -0.15) is 0 Å². The summed E-state index contributed by atoms with van der Waals surface area (Å²) in [6, 6.07) is 3.25. The average Bonchev–Trinajstić information content (AvgIpc) is 2.98. The van der Waals surface area contributed by atoms with Crippen molar-refractivity contribution in [3.05, 3.63) is 22.4 Å². The maximum atomic E-state index is 11.9. The first-order chi connectivity index (χ1) is 8.22. The van der Waals surface area contributed by atoms with Crippen LogP contribution < -0.4 is 11.1 Å². The van der Waals surface area contributed by atoms with Gasteiger partial charge in [0.15, 0.2) is 0 Å². The molecule has 1 aromatic heterocycles. The first kappa shape index (κ1) is 12.5. The van der Waals surface area contributed by atoms with Gasteiger partial charge in [-0.05, 0) is 24.3 Å². The molecule has 1 aliphatic rings. The van der Waals surface area contributed by atoms with Crippen molar-refractivity contribution < 1.29 is 9.90 Å². The first-order valence-electron chi connectivity index (χ1n) is 5.92. The molecule has 3 unspecified atom stereocenters. The Labute approximate surface area is 105 Å². The van der Waals surface area contributed by atoms with Crippen LogP contribution in [0.2, 0.25) is 0 Å². The summed E-state index contributed by atoms with van der Waals surface area (Å²) >= 11 is 1.49. The summed E-state index contributed by atoms with van der Waals surface area (Å²) in [7, 11) is 0. The van der Waals surface area contributed by atoms with E-state index < -0.39 is 6.04 Å². The Kier molecular flexibility index (Phi) is 4.15. The molecule has 1 aromatic rings. The maximum Gasteiger partial charge on any atom is 0.242 e. The van der Waals surface area contributed by atoms with Crippen LogP contribution in [0.4, 0.5) is 0 Å². The SMILES string of the molecule is NC(C(=O)NC1CCCC1CO)c1cccs1. The molecule has 1 fully saturated rings. The minimum atomic E-state index is -0.588. The zero-order valence-electron chi connectivity index (χ0n) is 9.63. The van der Waals surface area contributed by atoms with Crippen LogP contribution in [-0.4, -0.2) is 23.7 Å². The summed E-state index contributed by atoms with van der Waals surface area (Å²) in [5.74, 6) is 0.0484. The normalized spacial score (nSPS) is 25.8. The van der Waals surface area contributed by atoms with Gasteiger partial charge >= 0.3 is 0 Å². The summed E-state index contributed by atoms with van der Waals surface area (Å²) < 4.78 is 0. The number of nitrogens with one attached hydrogen (secondary N) is 1. The Hall–Kier alpha value is -0.910. The number of nitrogens with two attached hydrogens (primary N) is 1. The Morgan fingerprint density at radius 1 is 1.65 bits per heavy atom. The molecule has 0 aliphatic heterocycles. The molecule has 94 valence electrons. The van der Waals surface area contributed by atoms with Crippen LogP contribution >= 0.6 is 11.3 Å². The molecule has 4 nitrogen and oxygen atoms in total. The third-order valence-corrected chi connectivity index (χ3v) is 4.31. The molecule has 17 heavy (non-hydrogen) atoms. The van der Waals surface area contributed by atoms with E-state index >= 15 is 0 Å². The van der Waals surface area contributed by atoms with Crippen molar-refractivity contribution in [1.82, 2.24) is 5.32 Å². The molecule has 1 saturated carbocycles. The number of carbonyl (C=O) groups excluding carboxylic acids is 1. The number of aliphatic hydroxyl groups is 1. The fraction of sp³-hybridized carbons (Fsp3) is 0.583. The molecule has 3 atom stereocenters. The van der Waals surface area contributed by atoms with Crippen molar-refractivity contribution in [2.75, 3.05) is 6.61 Å². The van der Waals surface area contributed by atoms with Crippen LogP contribution in [0.25, 0.3) is 0 Å². The Morgan fingerprint density at radius 3 is 3.12 bits per heavy atom. The van der Waals surface area contributed by atoms with Crippen LogP contribution in [0.5, 0.6) is 0 Å². The average molecular weight is 254 g/mol. The molecule has 0 aromatic carbocycles. The minimum absolute atomic E-state index is 0.0820. The standard InChI is InChI=1S/C12H18N2O2S/c13-11(10-5-2-6-17-10)12(16)14-9-4-1-3-8(9)7-15/h2,5-6,8-9,11,15H,1,3-4,7,13H2,(H,14,16). The molecule has 4 N–H and O–H groups in total. The van der Waals surface area contributed by atoms with Gasteiger partial charge in [0.25, 0.3) is 0 Å². The van der Waals surface area contributed by atoms with Gasteiger partial charge in [-0.15, -0.1) is 11.3 Å². The van der Waals surface area contributed by atoms with Gasteiger partial charge < -0.3 is 16.2 Å². The van der Waals surface area contributed by atoms with Crippen molar-refractivity contribution in [3.63, 3.8) is 0 Å². The Bertz CT molecular complexity index is 367. The Morgan fingerprint density at radius 2 is 2.47 bits per heavy atom. The first-order valence-corrected chi connectivity index (χ1v) is 6.80. The van der Waals surface area contributed by atoms with Crippen LogP contribution in [0.3, 0.4) is 0 Å². The quantitative estimate of drug-likeness (QED) is 0.751. The van der Waals surface area contributed by atoms with E-state index in [4.69, 9.17) is 5.73 Å². The second kappa shape index (κ2) is 5.62. The van der Waals surface area contributed by atoms with Gasteiger partial charge in [0.05, 0.1) is 0 Å². The molecule has 0 bridgehead atoms. The van der Waals surface area contributed by atoms with Crippen molar-refractivity contribution in [2.45, 2.75) is 31.3 Å². The lowest BCUT2D eigenvalue weighted by atomic mass is 10.0.